The normalized spacial score (nSPS) is 11.8. The number of anilines is 1. The zero-order valence-corrected chi connectivity index (χ0v) is 18.8. The Bertz CT molecular complexity index is 1010. The molecule has 0 heterocycles. The van der Waals surface area contributed by atoms with E-state index in [1.807, 2.05) is 0 Å². The summed E-state index contributed by atoms with van der Waals surface area (Å²) < 4.78 is 5.31. The number of ether oxygens (including phenoxy) is 1. The predicted octanol–water partition coefficient (Wildman–Crippen LogP) is 3.83. The first-order valence-corrected chi connectivity index (χ1v) is 9.85. The van der Waals surface area contributed by atoms with Crippen molar-refractivity contribution in [2.24, 2.45) is 15.9 Å². The molecule has 31 heavy (non-hydrogen) atoms. The summed E-state index contributed by atoms with van der Waals surface area (Å²) >= 11 is 12.4. The van der Waals surface area contributed by atoms with E-state index < -0.39 is 5.91 Å². The van der Waals surface area contributed by atoms with Crippen molar-refractivity contribution in [3.63, 3.8) is 0 Å². The fourth-order valence-corrected chi connectivity index (χ4v) is 3.41. The number of nitrogens with zero attached hydrogens (tertiary/aromatic N) is 2. The van der Waals surface area contributed by atoms with Crippen molar-refractivity contribution in [1.82, 2.24) is 0 Å². The molecule has 10 heteroatoms. The number of carbonyl (C=O) groups is 2. The second-order valence-corrected chi connectivity index (χ2v) is 7.20. The standard InChI is InChI=1S/C21H22Cl2N4O4/c1-12(28)25-21-15(22)8-13(9-16(21)23)10-19(24)26-20(29)11-17(27-31-3)14-6-4-5-7-18(14)30-2/h4-9H,10-11H2,1-3H3,(H,25,28)(H2,24,26,29)/b27-17-. The average molecular weight is 465 g/mol. The first-order valence-electron chi connectivity index (χ1n) is 9.10. The van der Waals surface area contributed by atoms with Gasteiger partial charge in [0.15, 0.2) is 0 Å². The number of halogens is 2. The molecule has 0 fully saturated rings. The molecule has 0 aliphatic carbocycles. The molecule has 0 radical (unpaired) electrons. The summed E-state index contributed by atoms with van der Waals surface area (Å²) in [5, 5.41) is 6.99. The van der Waals surface area contributed by atoms with E-state index in [1.165, 1.54) is 21.1 Å². The molecule has 2 amide bonds. The van der Waals surface area contributed by atoms with Gasteiger partial charge in [-0.15, -0.1) is 0 Å². The largest absolute Gasteiger partial charge is 0.496 e. The van der Waals surface area contributed by atoms with Gasteiger partial charge in [-0.25, -0.2) is 4.99 Å². The van der Waals surface area contributed by atoms with E-state index in [1.54, 1.807) is 36.4 Å². The van der Waals surface area contributed by atoms with E-state index in [-0.39, 0.29) is 34.6 Å². The van der Waals surface area contributed by atoms with E-state index >= 15 is 0 Å². The molecule has 8 nitrogen and oxygen atoms in total. The van der Waals surface area contributed by atoms with Crippen LogP contribution in [0.1, 0.15) is 24.5 Å². The predicted molar refractivity (Wildman–Crippen MR) is 122 cm³/mol. The van der Waals surface area contributed by atoms with Crippen LogP contribution in [0.25, 0.3) is 0 Å². The highest BCUT2D eigenvalue weighted by atomic mass is 35.5. The van der Waals surface area contributed by atoms with Gasteiger partial charge < -0.3 is 20.6 Å². The Balaban J connectivity index is 2.17. The van der Waals surface area contributed by atoms with E-state index in [2.05, 4.69) is 15.5 Å². The zero-order chi connectivity index (χ0) is 23.0. The number of hydrogen-bond donors (Lipinski definition) is 2. The number of carbonyl (C=O) groups excluding carboxylic acids is 2. The lowest BCUT2D eigenvalue weighted by Crippen LogP contribution is -2.19. The minimum Gasteiger partial charge on any atom is -0.496 e. The number of amides is 2. The molecule has 0 spiro atoms. The molecule has 2 aromatic rings. The Morgan fingerprint density at radius 3 is 2.35 bits per heavy atom. The summed E-state index contributed by atoms with van der Waals surface area (Å²) in [4.78, 5) is 32.5. The van der Waals surface area contributed by atoms with Crippen LogP contribution < -0.4 is 15.8 Å². The number of benzene rings is 2. The van der Waals surface area contributed by atoms with Gasteiger partial charge in [-0.1, -0.05) is 40.5 Å². The molecule has 0 atom stereocenters. The van der Waals surface area contributed by atoms with Crippen molar-refractivity contribution in [3.05, 3.63) is 57.6 Å². The summed E-state index contributed by atoms with van der Waals surface area (Å²) in [7, 11) is 2.91. The highest BCUT2D eigenvalue weighted by Gasteiger charge is 2.16. The van der Waals surface area contributed by atoms with Gasteiger partial charge in [-0.05, 0) is 29.8 Å². The van der Waals surface area contributed by atoms with Crippen molar-refractivity contribution in [2.75, 3.05) is 19.5 Å². The van der Waals surface area contributed by atoms with Gasteiger partial charge in [0.1, 0.15) is 24.4 Å². The van der Waals surface area contributed by atoms with Gasteiger partial charge in [0.25, 0.3) is 5.91 Å². The quantitative estimate of drug-likeness (QED) is 0.349. The van der Waals surface area contributed by atoms with Gasteiger partial charge in [0.05, 0.1) is 29.3 Å². The average Bonchev–Trinajstić information content (AvgIpc) is 2.70. The molecule has 0 aliphatic heterocycles. The number of para-hydroxylation sites is 1. The first-order chi connectivity index (χ1) is 14.7. The van der Waals surface area contributed by atoms with Crippen molar-refractivity contribution >= 4 is 52.3 Å². The van der Waals surface area contributed by atoms with Crippen molar-refractivity contribution in [2.45, 2.75) is 19.8 Å². The molecular formula is C21H22Cl2N4O4. The topological polar surface area (TPSA) is 115 Å². The fraction of sp³-hybridized carbons (Fsp3) is 0.238. The summed E-state index contributed by atoms with van der Waals surface area (Å²) in [5.41, 5.74) is 7.86. The van der Waals surface area contributed by atoms with Crippen molar-refractivity contribution in [1.29, 1.82) is 0 Å². The van der Waals surface area contributed by atoms with Gasteiger partial charge >= 0.3 is 0 Å². The first kappa shape index (κ1) is 24.2. The molecule has 0 aromatic heterocycles. The fourth-order valence-electron chi connectivity index (χ4n) is 2.78. The highest BCUT2D eigenvalue weighted by molar-refractivity contribution is 6.39. The lowest BCUT2D eigenvalue weighted by molar-refractivity contribution is -0.116. The van der Waals surface area contributed by atoms with E-state index in [4.69, 9.17) is 38.5 Å². The van der Waals surface area contributed by atoms with Crippen LogP contribution in [-0.2, 0) is 20.8 Å². The summed E-state index contributed by atoms with van der Waals surface area (Å²) in [6, 6.07) is 10.3. The maximum Gasteiger partial charge on any atom is 0.253 e. The number of nitrogens with two attached hydrogens (primary N) is 1. The Morgan fingerprint density at radius 1 is 1.13 bits per heavy atom. The second-order valence-electron chi connectivity index (χ2n) is 6.39. The van der Waals surface area contributed by atoms with Crippen LogP contribution in [0.5, 0.6) is 5.75 Å². The van der Waals surface area contributed by atoms with Crippen LogP contribution in [-0.4, -0.2) is 37.6 Å². The van der Waals surface area contributed by atoms with Gasteiger partial charge in [-0.3, -0.25) is 9.59 Å². The summed E-state index contributed by atoms with van der Waals surface area (Å²) in [6.07, 6.45) is -0.00512. The number of hydrogen-bond acceptors (Lipinski definition) is 5. The molecule has 0 unspecified atom stereocenters. The third-order valence-corrected chi connectivity index (χ3v) is 4.59. The molecule has 0 bridgehead atoms. The number of nitrogens with one attached hydrogen (secondary N) is 1. The summed E-state index contributed by atoms with van der Waals surface area (Å²) in [5.74, 6) is -0.189. The molecule has 0 saturated heterocycles. The molecule has 0 saturated carbocycles. The van der Waals surface area contributed by atoms with Gasteiger partial charge in [-0.2, -0.15) is 0 Å². The number of rotatable bonds is 8. The lowest BCUT2D eigenvalue weighted by atomic mass is 10.1. The van der Waals surface area contributed by atoms with E-state index in [0.29, 0.717) is 28.3 Å². The molecule has 2 rings (SSSR count). The Morgan fingerprint density at radius 2 is 1.77 bits per heavy atom. The van der Waals surface area contributed by atoms with Crippen LogP contribution >= 0.6 is 23.2 Å². The monoisotopic (exact) mass is 464 g/mol. The molecule has 0 aliphatic rings. The maximum atomic E-state index is 12.5. The summed E-state index contributed by atoms with van der Waals surface area (Å²) in [6.45, 7) is 1.35. The van der Waals surface area contributed by atoms with Gasteiger partial charge in [0, 0.05) is 18.9 Å². The third-order valence-electron chi connectivity index (χ3n) is 3.99. The molecular weight excluding hydrogens is 443 g/mol. The smallest absolute Gasteiger partial charge is 0.253 e. The lowest BCUT2D eigenvalue weighted by Gasteiger charge is -2.11. The number of amidine groups is 1. The minimum absolute atomic E-state index is 0.0706. The van der Waals surface area contributed by atoms with Crippen LogP contribution in [0.15, 0.2) is 46.5 Å². The zero-order valence-electron chi connectivity index (χ0n) is 17.2. The Labute approximate surface area is 190 Å². The Hall–Kier alpha value is -3.10. The number of aliphatic imine (C=N–C) groups is 1. The molecule has 164 valence electrons. The van der Waals surface area contributed by atoms with Crippen molar-refractivity contribution in [3.8, 4) is 5.75 Å². The van der Waals surface area contributed by atoms with E-state index in [0.717, 1.165) is 0 Å². The number of methoxy groups -OCH3 is 1. The van der Waals surface area contributed by atoms with Crippen LogP contribution in [0.3, 0.4) is 0 Å². The highest BCUT2D eigenvalue weighted by Crippen LogP contribution is 2.32. The third kappa shape index (κ3) is 6.97. The van der Waals surface area contributed by atoms with Crippen LogP contribution in [0, 0.1) is 0 Å². The van der Waals surface area contributed by atoms with Crippen molar-refractivity contribution < 1.29 is 19.2 Å². The second kappa shape index (κ2) is 11.3. The number of oxime groups is 1. The van der Waals surface area contributed by atoms with Gasteiger partial charge in [0.2, 0.25) is 5.91 Å². The van der Waals surface area contributed by atoms with Crippen LogP contribution in [0.2, 0.25) is 10.0 Å². The Kier molecular flexibility index (Phi) is 8.84. The maximum absolute atomic E-state index is 12.5. The molecule has 2 aromatic carbocycles. The minimum atomic E-state index is -0.508. The SMILES string of the molecule is CO/N=C(/CC(=O)/N=C(\N)Cc1cc(Cl)c(NC(C)=O)c(Cl)c1)c1ccccc1OC. The van der Waals surface area contributed by atoms with Crippen LogP contribution in [0.4, 0.5) is 5.69 Å². The molecule has 3 N–H and O–H groups in total. The van der Waals surface area contributed by atoms with E-state index in [9.17, 15) is 9.59 Å².